The van der Waals surface area contributed by atoms with Gasteiger partial charge in [-0.05, 0) is 31.5 Å². The van der Waals surface area contributed by atoms with Crippen molar-refractivity contribution < 1.29 is 9.47 Å². The molecule has 1 aromatic rings. The number of aliphatic imine (C=N–C) groups is 1. The van der Waals surface area contributed by atoms with Crippen LogP contribution < -0.4 is 10.1 Å². The van der Waals surface area contributed by atoms with Crippen LogP contribution in [-0.4, -0.2) is 57.4 Å². The van der Waals surface area contributed by atoms with Crippen molar-refractivity contribution in [1.29, 1.82) is 0 Å². The highest BCUT2D eigenvalue weighted by molar-refractivity contribution is 14.0. The fraction of sp³-hybridized carbons (Fsp3) is 0.588. The Bertz CT molecular complexity index is 524. The van der Waals surface area contributed by atoms with Gasteiger partial charge in [0.1, 0.15) is 11.9 Å². The molecule has 1 aliphatic heterocycles. The van der Waals surface area contributed by atoms with Gasteiger partial charge in [-0.2, -0.15) is 0 Å². The van der Waals surface area contributed by atoms with Crippen LogP contribution in [-0.2, 0) is 4.74 Å². The van der Waals surface area contributed by atoms with E-state index in [2.05, 4.69) is 22.3 Å². The van der Waals surface area contributed by atoms with E-state index in [0.717, 1.165) is 37.9 Å². The van der Waals surface area contributed by atoms with E-state index in [1.165, 1.54) is 0 Å². The Labute approximate surface area is 166 Å². The Morgan fingerprint density at radius 2 is 2.33 bits per heavy atom. The first-order chi connectivity index (χ1) is 11.1. The topological polar surface area (TPSA) is 46.1 Å². The molecule has 24 heavy (non-hydrogen) atoms. The maximum absolute atomic E-state index is 5.97. The fourth-order valence-electron chi connectivity index (χ4n) is 2.64. The third-order valence-corrected chi connectivity index (χ3v) is 4.05. The third-order valence-electron chi connectivity index (χ3n) is 3.81. The van der Waals surface area contributed by atoms with Crippen molar-refractivity contribution in [2.75, 3.05) is 40.4 Å². The van der Waals surface area contributed by atoms with Crippen molar-refractivity contribution in [1.82, 2.24) is 10.2 Å². The lowest BCUT2D eigenvalue weighted by Crippen LogP contribution is -2.44. The number of nitrogens with zero attached hydrogens (tertiary/aromatic N) is 2. The second-order valence-electron chi connectivity index (χ2n) is 5.92. The van der Waals surface area contributed by atoms with Gasteiger partial charge in [-0.25, -0.2) is 0 Å². The molecule has 0 aromatic heterocycles. The Kier molecular flexibility index (Phi) is 9.76. The molecule has 1 aliphatic rings. The molecule has 2 rings (SSSR count). The van der Waals surface area contributed by atoms with Crippen LogP contribution in [0.2, 0.25) is 5.02 Å². The fourth-order valence-corrected chi connectivity index (χ4v) is 2.82. The molecular formula is C17H27ClIN3O2. The van der Waals surface area contributed by atoms with Crippen molar-refractivity contribution in [3.63, 3.8) is 0 Å². The summed E-state index contributed by atoms with van der Waals surface area (Å²) in [6, 6.07) is 7.44. The molecule has 0 aliphatic carbocycles. The Morgan fingerprint density at radius 1 is 1.54 bits per heavy atom. The molecule has 1 heterocycles. The van der Waals surface area contributed by atoms with Crippen LogP contribution in [0.25, 0.3) is 0 Å². The van der Waals surface area contributed by atoms with E-state index in [1.54, 1.807) is 7.05 Å². The van der Waals surface area contributed by atoms with E-state index in [1.807, 2.05) is 31.2 Å². The van der Waals surface area contributed by atoms with Crippen molar-refractivity contribution >= 4 is 41.5 Å². The zero-order valence-electron chi connectivity index (χ0n) is 14.5. The highest BCUT2D eigenvalue weighted by Crippen LogP contribution is 2.18. The van der Waals surface area contributed by atoms with Crippen molar-refractivity contribution in [2.24, 2.45) is 10.9 Å². The molecule has 0 spiro atoms. The molecule has 0 saturated carbocycles. The number of hydrogen-bond acceptors (Lipinski definition) is 3. The first kappa shape index (κ1) is 21.3. The molecule has 5 nitrogen and oxygen atoms in total. The van der Waals surface area contributed by atoms with Crippen LogP contribution in [0.5, 0.6) is 5.75 Å². The van der Waals surface area contributed by atoms with Gasteiger partial charge < -0.3 is 19.7 Å². The summed E-state index contributed by atoms with van der Waals surface area (Å²) in [5.74, 6) is 2.23. The molecule has 7 heteroatoms. The summed E-state index contributed by atoms with van der Waals surface area (Å²) >= 11 is 5.97. The second-order valence-corrected chi connectivity index (χ2v) is 6.36. The average Bonchev–Trinajstić information content (AvgIpc) is 3.00. The van der Waals surface area contributed by atoms with Gasteiger partial charge in [0, 0.05) is 38.2 Å². The van der Waals surface area contributed by atoms with Crippen molar-refractivity contribution in [2.45, 2.75) is 19.4 Å². The predicted molar refractivity (Wildman–Crippen MR) is 110 cm³/mol. The van der Waals surface area contributed by atoms with Crippen LogP contribution in [0.4, 0.5) is 0 Å². The number of hydrogen-bond donors (Lipinski definition) is 1. The van der Waals surface area contributed by atoms with Gasteiger partial charge in [0.25, 0.3) is 0 Å². The van der Waals surface area contributed by atoms with E-state index < -0.39 is 0 Å². The van der Waals surface area contributed by atoms with Gasteiger partial charge in [0.2, 0.25) is 0 Å². The van der Waals surface area contributed by atoms with Crippen molar-refractivity contribution in [3.05, 3.63) is 29.3 Å². The van der Waals surface area contributed by atoms with Gasteiger partial charge in [0.05, 0.1) is 13.2 Å². The molecular weight excluding hydrogens is 441 g/mol. The summed E-state index contributed by atoms with van der Waals surface area (Å²) in [4.78, 5) is 6.48. The summed E-state index contributed by atoms with van der Waals surface area (Å²) in [6.07, 6.45) is 1.13. The molecule has 2 unspecified atom stereocenters. The summed E-state index contributed by atoms with van der Waals surface area (Å²) in [6.45, 7) is 5.35. The van der Waals surface area contributed by atoms with E-state index in [9.17, 15) is 0 Å². The van der Waals surface area contributed by atoms with Gasteiger partial charge in [-0.15, -0.1) is 24.0 Å². The summed E-state index contributed by atoms with van der Waals surface area (Å²) in [5.41, 5.74) is 0. The molecule has 0 radical (unpaired) electrons. The minimum atomic E-state index is 0. The maximum Gasteiger partial charge on any atom is 0.193 e. The first-order valence-electron chi connectivity index (χ1n) is 8.00. The molecule has 1 N–H and O–H groups in total. The van der Waals surface area contributed by atoms with E-state index in [0.29, 0.717) is 17.5 Å². The number of ether oxygens (including phenoxy) is 2. The highest BCUT2D eigenvalue weighted by Gasteiger charge is 2.19. The molecule has 0 amide bonds. The monoisotopic (exact) mass is 467 g/mol. The normalized spacial score (nSPS) is 18.7. The predicted octanol–water partition coefficient (Wildman–Crippen LogP) is 3.27. The summed E-state index contributed by atoms with van der Waals surface area (Å²) < 4.78 is 11.3. The zero-order chi connectivity index (χ0) is 16.7. The van der Waals surface area contributed by atoms with Crippen molar-refractivity contribution in [3.8, 4) is 5.75 Å². The molecule has 1 saturated heterocycles. The Balaban J connectivity index is 0.00000288. The number of benzene rings is 1. The standard InChI is InChI=1S/C17H26ClN3O2.HI/c1-13(23-16-6-4-5-15(18)9-16)10-20-17(19-2)21(3)11-14-7-8-22-12-14;/h4-6,9,13-14H,7-8,10-12H2,1-3H3,(H,19,20);1H. The maximum atomic E-state index is 5.97. The molecule has 1 fully saturated rings. The van der Waals surface area contributed by atoms with Crippen LogP contribution >= 0.6 is 35.6 Å². The van der Waals surface area contributed by atoms with Gasteiger partial charge in [-0.1, -0.05) is 17.7 Å². The van der Waals surface area contributed by atoms with Crippen LogP contribution in [0, 0.1) is 5.92 Å². The quantitative estimate of drug-likeness (QED) is 0.396. The van der Waals surface area contributed by atoms with E-state index in [4.69, 9.17) is 21.1 Å². The summed E-state index contributed by atoms with van der Waals surface area (Å²) in [5, 5.41) is 4.03. The SMILES string of the molecule is CN=C(NCC(C)Oc1cccc(Cl)c1)N(C)CC1CCOC1.I. The minimum absolute atomic E-state index is 0. The Morgan fingerprint density at radius 3 is 2.96 bits per heavy atom. The molecule has 0 bridgehead atoms. The lowest BCUT2D eigenvalue weighted by molar-refractivity contribution is 0.180. The number of nitrogens with one attached hydrogen (secondary N) is 1. The summed E-state index contributed by atoms with van der Waals surface area (Å²) in [7, 11) is 3.85. The molecule has 2 atom stereocenters. The Hall–Kier alpha value is -0.730. The minimum Gasteiger partial charge on any atom is -0.489 e. The van der Waals surface area contributed by atoms with Gasteiger partial charge >= 0.3 is 0 Å². The van der Waals surface area contributed by atoms with Gasteiger partial charge in [-0.3, -0.25) is 4.99 Å². The second kappa shape index (κ2) is 11.0. The van der Waals surface area contributed by atoms with E-state index >= 15 is 0 Å². The van der Waals surface area contributed by atoms with Crippen LogP contribution in [0.1, 0.15) is 13.3 Å². The molecule has 1 aromatic carbocycles. The largest absolute Gasteiger partial charge is 0.489 e. The van der Waals surface area contributed by atoms with E-state index in [-0.39, 0.29) is 30.1 Å². The third kappa shape index (κ3) is 7.03. The van der Waals surface area contributed by atoms with Crippen LogP contribution in [0.15, 0.2) is 29.3 Å². The molecule has 136 valence electrons. The zero-order valence-corrected chi connectivity index (χ0v) is 17.6. The highest BCUT2D eigenvalue weighted by atomic mass is 127. The lowest BCUT2D eigenvalue weighted by Gasteiger charge is -2.25. The average molecular weight is 468 g/mol. The number of rotatable bonds is 6. The lowest BCUT2D eigenvalue weighted by atomic mass is 10.1. The number of halogens is 2. The first-order valence-corrected chi connectivity index (χ1v) is 8.38. The smallest absolute Gasteiger partial charge is 0.193 e. The number of guanidine groups is 1. The van der Waals surface area contributed by atoms with Crippen LogP contribution in [0.3, 0.4) is 0 Å². The van der Waals surface area contributed by atoms with Gasteiger partial charge in [0.15, 0.2) is 5.96 Å².